The lowest BCUT2D eigenvalue weighted by Crippen LogP contribution is -2.39. The van der Waals surface area contributed by atoms with Crippen molar-refractivity contribution in [3.05, 3.63) is 65.4 Å². The number of hydrogen-bond acceptors (Lipinski definition) is 5. The molecule has 0 spiro atoms. The molecule has 166 valence electrons. The van der Waals surface area contributed by atoms with Crippen molar-refractivity contribution >= 4 is 28.5 Å². The van der Waals surface area contributed by atoms with Gasteiger partial charge in [-0.2, -0.15) is 0 Å². The molecule has 32 heavy (non-hydrogen) atoms. The number of anilines is 1. The van der Waals surface area contributed by atoms with Crippen LogP contribution in [0.1, 0.15) is 54.7 Å². The SMILES string of the molecule is O=C1CCC(c2coc3ccc(NCc4ccc(CN5CCCCC5)cc4)cc23)C(=O)N1. The van der Waals surface area contributed by atoms with Crippen LogP contribution in [0.15, 0.2) is 53.1 Å². The standard InChI is InChI=1S/C26H29N3O3/c30-25-11-9-21(26(31)28-25)23-17-32-24-10-8-20(14-22(23)24)27-15-18-4-6-19(7-5-18)16-29-12-2-1-3-13-29/h4-8,10,14,17,21,27H,1-3,9,11-13,15-16H2,(H,28,30,31). The van der Waals surface area contributed by atoms with E-state index in [0.29, 0.717) is 12.8 Å². The zero-order chi connectivity index (χ0) is 21.9. The Bertz CT molecular complexity index is 1110. The van der Waals surface area contributed by atoms with E-state index in [1.165, 1.54) is 43.5 Å². The lowest BCUT2D eigenvalue weighted by atomic mass is 9.90. The van der Waals surface area contributed by atoms with Gasteiger partial charge in [0, 0.05) is 36.1 Å². The van der Waals surface area contributed by atoms with E-state index in [2.05, 4.69) is 39.8 Å². The number of likely N-dealkylation sites (tertiary alicyclic amines) is 1. The molecule has 3 heterocycles. The van der Waals surface area contributed by atoms with Crippen molar-refractivity contribution in [1.29, 1.82) is 0 Å². The van der Waals surface area contributed by atoms with Crippen molar-refractivity contribution in [3.8, 4) is 0 Å². The van der Waals surface area contributed by atoms with Gasteiger partial charge in [-0.05, 0) is 61.7 Å². The van der Waals surface area contributed by atoms with Crippen molar-refractivity contribution in [3.63, 3.8) is 0 Å². The number of hydrogen-bond donors (Lipinski definition) is 2. The molecular formula is C26H29N3O3. The molecule has 3 aromatic rings. The Kier molecular flexibility index (Phi) is 5.95. The highest BCUT2D eigenvalue weighted by Gasteiger charge is 2.30. The van der Waals surface area contributed by atoms with Crippen LogP contribution in [-0.2, 0) is 22.7 Å². The Balaban J connectivity index is 1.24. The molecular weight excluding hydrogens is 402 g/mol. The van der Waals surface area contributed by atoms with Gasteiger partial charge in [0.2, 0.25) is 11.8 Å². The highest BCUT2D eigenvalue weighted by Crippen LogP contribution is 2.34. The first kappa shape index (κ1) is 20.8. The Morgan fingerprint density at radius 1 is 1.00 bits per heavy atom. The number of rotatable bonds is 6. The molecule has 0 saturated carbocycles. The van der Waals surface area contributed by atoms with Crippen molar-refractivity contribution in [2.24, 2.45) is 0 Å². The van der Waals surface area contributed by atoms with Crippen LogP contribution < -0.4 is 10.6 Å². The van der Waals surface area contributed by atoms with Gasteiger partial charge in [-0.15, -0.1) is 0 Å². The van der Waals surface area contributed by atoms with E-state index in [1.807, 2.05) is 18.2 Å². The van der Waals surface area contributed by atoms with Crippen LogP contribution in [0, 0.1) is 0 Å². The number of nitrogens with one attached hydrogen (secondary N) is 2. The Hall–Kier alpha value is -3.12. The third kappa shape index (κ3) is 4.55. The van der Waals surface area contributed by atoms with Gasteiger partial charge in [-0.1, -0.05) is 30.7 Å². The summed E-state index contributed by atoms with van der Waals surface area (Å²) in [7, 11) is 0. The number of nitrogens with zero attached hydrogens (tertiary/aromatic N) is 1. The van der Waals surface area contributed by atoms with Crippen molar-refractivity contribution < 1.29 is 14.0 Å². The van der Waals surface area contributed by atoms with Gasteiger partial charge >= 0.3 is 0 Å². The van der Waals surface area contributed by atoms with Crippen LogP contribution in [0.25, 0.3) is 11.0 Å². The Morgan fingerprint density at radius 3 is 2.56 bits per heavy atom. The molecule has 0 aliphatic carbocycles. The summed E-state index contributed by atoms with van der Waals surface area (Å²) in [6.45, 7) is 4.18. The monoisotopic (exact) mass is 431 g/mol. The fourth-order valence-electron chi connectivity index (χ4n) is 4.76. The minimum Gasteiger partial charge on any atom is -0.464 e. The molecule has 5 rings (SSSR count). The van der Waals surface area contributed by atoms with Crippen LogP contribution >= 0.6 is 0 Å². The second kappa shape index (κ2) is 9.17. The predicted molar refractivity (Wildman–Crippen MR) is 124 cm³/mol. The number of fused-ring (bicyclic) bond motifs is 1. The van der Waals surface area contributed by atoms with Crippen LogP contribution in [0.2, 0.25) is 0 Å². The molecule has 0 radical (unpaired) electrons. The van der Waals surface area contributed by atoms with Gasteiger partial charge in [0.05, 0.1) is 12.2 Å². The van der Waals surface area contributed by atoms with Gasteiger partial charge < -0.3 is 9.73 Å². The third-order valence-electron chi connectivity index (χ3n) is 6.59. The number of amides is 2. The molecule has 1 aromatic heterocycles. The average Bonchev–Trinajstić information content (AvgIpc) is 3.22. The normalized spacial score (nSPS) is 19.8. The van der Waals surface area contributed by atoms with Crippen molar-refractivity contribution in [1.82, 2.24) is 10.2 Å². The number of benzene rings is 2. The zero-order valence-corrected chi connectivity index (χ0v) is 18.2. The highest BCUT2D eigenvalue weighted by atomic mass is 16.3. The van der Waals surface area contributed by atoms with Crippen LogP contribution in [0.3, 0.4) is 0 Å². The Morgan fingerprint density at radius 2 is 1.78 bits per heavy atom. The van der Waals surface area contributed by atoms with E-state index in [0.717, 1.165) is 35.3 Å². The zero-order valence-electron chi connectivity index (χ0n) is 18.2. The summed E-state index contributed by atoms with van der Waals surface area (Å²) in [4.78, 5) is 26.3. The van der Waals surface area contributed by atoms with Crippen LogP contribution in [-0.4, -0.2) is 29.8 Å². The van der Waals surface area contributed by atoms with E-state index in [9.17, 15) is 9.59 Å². The van der Waals surface area contributed by atoms with Gasteiger partial charge in [-0.3, -0.25) is 19.8 Å². The molecule has 6 heteroatoms. The van der Waals surface area contributed by atoms with Crippen LogP contribution in [0.4, 0.5) is 5.69 Å². The van der Waals surface area contributed by atoms with Gasteiger partial charge in [0.1, 0.15) is 5.58 Å². The molecule has 1 atom stereocenters. The third-order valence-corrected chi connectivity index (χ3v) is 6.59. The minimum atomic E-state index is -0.350. The number of imide groups is 1. The van der Waals surface area contributed by atoms with Gasteiger partial charge in [-0.25, -0.2) is 0 Å². The molecule has 2 amide bonds. The quantitative estimate of drug-likeness (QED) is 0.560. The number of piperidine rings is 2. The topological polar surface area (TPSA) is 74.6 Å². The lowest BCUT2D eigenvalue weighted by molar-refractivity contribution is -0.134. The molecule has 6 nitrogen and oxygen atoms in total. The molecule has 2 saturated heterocycles. The molecule has 0 bridgehead atoms. The maximum atomic E-state index is 12.3. The predicted octanol–water partition coefficient (Wildman–Crippen LogP) is 4.55. The number of furan rings is 1. The Labute approximate surface area is 188 Å². The summed E-state index contributed by atoms with van der Waals surface area (Å²) in [6, 6.07) is 14.8. The van der Waals surface area contributed by atoms with E-state index in [-0.39, 0.29) is 17.7 Å². The molecule has 2 aliphatic rings. The second-order valence-corrected chi connectivity index (χ2v) is 8.91. The first-order chi connectivity index (χ1) is 15.7. The summed E-state index contributed by atoms with van der Waals surface area (Å²) in [5, 5.41) is 6.84. The maximum absolute atomic E-state index is 12.3. The number of carbonyl (C=O) groups excluding carboxylic acids is 2. The molecule has 2 aliphatic heterocycles. The molecule has 1 unspecified atom stereocenters. The fourth-order valence-corrected chi connectivity index (χ4v) is 4.76. The maximum Gasteiger partial charge on any atom is 0.234 e. The first-order valence-electron chi connectivity index (χ1n) is 11.5. The lowest BCUT2D eigenvalue weighted by Gasteiger charge is -2.26. The molecule has 2 aromatic carbocycles. The van der Waals surface area contributed by atoms with E-state index in [4.69, 9.17) is 4.42 Å². The summed E-state index contributed by atoms with van der Waals surface area (Å²) >= 11 is 0. The summed E-state index contributed by atoms with van der Waals surface area (Å²) < 4.78 is 5.67. The highest BCUT2D eigenvalue weighted by molar-refractivity contribution is 6.02. The van der Waals surface area contributed by atoms with Crippen molar-refractivity contribution in [2.75, 3.05) is 18.4 Å². The van der Waals surface area contributed by atoms with Crippen molar-refractivity contribution in [2.45, 2.75) is 51.1 Å². The minimum absolute atomic E-state index is 0.205. The van der Waals surface area contributed by atoms with Crippen LogP contribution in [0.5, 0.6) is 0 Å². The fraction of sp³-hybridized carbons (Fsp3) is 0.385. The van der Waals surface area contributed by atoms with E-state index < -0.39 is 0 Å². The molecule has 2 fully saturated rings. The summed E-state index contributed by atoms with van der Waals surface area (Å²) in [5.74, 6) is -0.799. The second-order valence-electron chi connectivity index (χ2n) is 8.91. The smallest absolute Gasteiger partial charge is 0.234 e. The average molecular weight is 432 g/mol. The molecule has 2 N–H and O–H groups in total. The van der Waals surface area contributed by atoms with E-state index >= 15 is 0 Å². The van der Waals surface area contributed by atoms with Gasteiger partial charge in [0.15, 0.2) is 0 Å². The summed E-state index contributed by atoms with van der Waals surface area (Å²) in [6.07, 6.45) is 6.51. The van der Waals surface area contributed by atoms with E-state index in [1.54, 1.807) is 6.26 Å². The largest absolute Gasteiger partial charge is 0.464 e. The first-order valence-corrected chi connectivity index (χ1v) is 11.5. The summed E-state index contributed by atoms with van der Waals surface area (Å²) in [5.41, 5.74) is 5.16. The van der Waals surface area contributed by atoms with Gasteiger partial charge in [0.25, 0.3) is 0 Å². The number of carbonyl (C=O) groups is 2.